The Morgan fingerprint density at radius 2 is 1.97 bits per heavy atom. The van der Waals surface area contributed by atoms with E-state index in [1.54, 1.807) is 21.3 Å². The van der Waals surface area contributed by atoms with Crippen molar-refractivity contribution in [2.24, 2.45) is 0 Å². The highest BCUT2D eigenvalue weighted by atomic mass is 35.5. The van der Waals surface area contributed by atoms with Gasteiger partial charge in [0.25, 0.3) is 11.3 Å². The second-order valence-corrected chi connectivity index (χ2v) is 7.81. The molecule has 1 aliphatic rings. The zero-order chi connectivity index (χ0) is 20.7. The first-order valence-corrected chi connectivity index (χ1v) is 10.3. The number of benzene rings is 1. The van der Waals surface area contributed by atoms with Crippen LogP contribution in [0.3, 0.4) is 0 Å². The molecule has 5 rings (SSSR count). The van der Waals surface area contributed by atoms with Gasteiger partial charge in [-0.25, -0.2) is 4.98 Å². The van der Waals surface area contributed by atoms with Crippen LogP contribution in [0.2, 0.25) is 5.02 Å². The minimum Gasteiger partial charge on any atom is -0.379 e. The van der Waals surface area contributed by atoms with Crippen molar-refractivity contribution in [1.82, 2.24) is 29.0 Å². The Labute approximate surface area is 177 Å². The Hall–Kier alpha value is -2.81. The fraction of sp³-hybridized carbons (Fsp3) is 0.333. The molecule has 4 heterocycles. The summed E-state index contributed by atoms with van der Waals surface area (Å²) in [5.74, 6) is 1.05. The maximum absolute atomic E-state index is 13.5. The Kier molecular flexibility index (Phi) is 4.98. The predicted octanol–water partition coefficient (Wildman–Crippen LogP) is 2.40. The van der Waals surface area contributed by atoms with Crippen molar-refractivity contribution >= 4 is 28.3 Å². The normalized spacial score (nSPS) is 15.3. The average Bonchev–Trinajstić information content (AvgIpc) is 3.12. The van der Waals surface area contributed by atoms with Gasteiger partial charge in [-0.1, -0.05) is 23.7 Å². The lowest BCUT2D eigenvalue weighted by Crippen LogP contribution is -2.39. The molecule has 0 atom stereocenters. The van der Waals surface area contributed by atoms with Crippen molar-refractivity contribution in [2.45, 2.75) is 13.5 Å². The Bertz CT molecular complexity index is 1290. The molecule has 9 heteroatoms. The molecule has 3 aromatic heterocycles. The summed E-state index contributed by atoms with van der Waals surface area (Å²) in [6.45, 7) is 6.43. The van der Waals surface area contributed by atoms with Gasteiger partial charge in [0.05, 0.1) is 29.8 Å². The second-order valence-electron chi connectivity index (χ2n) is 7.37. The maximum atomic E-state index is 13.5. The number of halogens is 1. The molecule has 0 bridgehead atoms. The highest BCUT2D eigenvalue weighted by molar-refractivity contribution is 6.30. The molecule has 0 N–H and O–H groups in total. The summed E-state index contributed by atoms with van der Waals surface area (Å²) in [4.78, 5) is 24.8. The predicted molar refractivity (Wildman–Crippen MR) is 115 cm³/mol. The lowest BCUT2D eigenvalue weighted by molar-refractivity contribution is 0.0363. The van der Waals surface area contributed by atoms with Gasteiger partial charge in [-0.05, 0) is 25.1 Å². The number of fused-ring (bicyclic) bond motifs is 2. The van der Waals surface area contributed by atoms with Crippen molar-refractivity contribution < 1.29 is 4.74 Å². The van der Waals surface area contributed by atoms with Gasteiger partial charge in [-0.3, -0.25) is 9.69 Å². The van der Waals surface area contributed by atoms with E-state index in [0.717, 1.165) is 38.4 Å². The number of aryl methyl sites for hydroxylation is 1. The van der Waals surface area contributed by atoms with Crippen molar-refractivity contribution in [3.05, 3.63) is 57.7 Å². The number of hydrogen-bond acceptors (Lipinski definition) is 6. The Balaban J connectivity index is 1.68. The van der Waals surface area contributed by atoms with Gasteiger partial charge in [-0.15, -0.1) is 5.10 Å². The van der Waals surface area contributed by atoms with E-state index in [2.05, 4.69) is 20.0 Å². The van der Waals surface area contributed by atoms with E-state index < -0.39 is 0 Å². The van der Waals surface area contributed by atoms with Crippen LogP contribution in [0.25, 0.3) is 27.9 Å². The van der Waals surface area contributed by atoms with Gasteiger partial charge in [0.1, 0.15) is 5.82 Å². The van der Waals surface area contributed by atoms with Crippen molar-refractivity contribution in [3.63, 3.8) is 0 Å². The van der Waals surface area contributed by atoms with Crippen LogP contribution in [0.4, 0.5) is 0 Å². The first kappa shape index (κ1) is 19.2. The summed E-state index contributed by atoms with van der Waals surface area (Å²) >= 11 is 6.25. The van der Waals surface area contributed by atoms with E-state index in [1.807, 2.05) is 31.2 Å². The molecule has 154 valence electrons. The topological polar surface area (TPSA) is 77.6 Å². The van der Waals surface area contributed by atoms with Crippen LogP contribution in [0.5, 0.6) is 0 Å². The maximum Gasteiger partial charge on any atom is 0.262 e. The minimum atomic E-state index is -0.0988. The summed E-state index contributed by atoms with van der Waals surface area (Å²) in [5, 5.41) is 5.59. The van der Waals surface area contributed by atoms with E-state index >= 15 is 0 Å². The largest absolute Gasteiger partial charge is 0.379 e. The third-order valence-electron chi connectivity index (χ3n) is 5.37. The number of rotatable bonds is 4. The van der Waals surface area contributed by atoms with Gasteiger partial charge in [0.2, 0.25) is 0 Å². The number of ether oxygens (including phenoxy) is 1. The molecule has 30 heavy (non-hydrogen) atoms. The lowest BCUT2D eigenvalue weighted by atomic mass is 10.1. The lowest BCUT2D eigenvalue weighted by Gasteiger charge is -2.26. The van der Waals surface area contributed by atoms with Gasteiger partial charge in [-0.2, -0.15) is 9.50 Å². The Morgan fingerprint density at radius 3 is 2.77 bits per heavy atom. The fourth-order valence-electron chi connectivity index (χ4n) is 3.87. The Morgan fingerprint density at radius 1 is 1.13 bits per heavy atom. The van der Waals surface area contributed by atoms with E-state index in [9.17, 15) is 4.79 Å². The summed E-state index contributed by atoms with van der Waals surface area (Å²) < 4.78 is 8.78. The van der Waals surface area contributed by atoms with Gasteiger partial charge in [0, 0.05) is 43.0 Å². The highest BCUT2D eigenvalue weighted by Gasteiger charge is 2.19. The molecule has 1 fully saturated rings. The van der Waals surface area contributed by atoms with E-state index in [-0.39, 0.29) is 5.56 Å². The zero-order valence-electron chi connectivity index (χ0n) is 16.6. The number of hydrogen-bond donors (Lipinski definition) is 0. The molecule has 0 amide bonds. The smallest absolute Gasteiger partial charge is 0.262 e. The quantitative estimate of drug-likeness (QED) is 0.500. The summed E-state index contributed by atoms with van der Waals surface area (Å²) in [6.07, 6.45) is 1.81. The number of nitrogens with zero attached hydrogens (tertiary/aromatic N) is 6. The van der Waals surface area contributed by atoms with Crippen LogP contribution in [0.1, 0.15) is 5.82 Å². The summed E-state index contributed by atoms with van der Waals surface area (Å²) in [6, 6.07) is 9.28. The van der Waals surface area contributed by atoms with Gasteiger partial charge >= 0.3 is 0 Å². The fourth-order valence-corrected chi connectivity index (χ4v) is 4.06. The molecule has 0 radical (unpaired) electrons. The molecule has 0 unspecified atom stereocenters. The molecule has 1 saturated heterocycles. The highest BCUT2D eigenvalue weighted by Crippen LogP contribution is 2.28. The minimum absolute atomic E-state index is 0.0988. The molecule has 4 aromatic rings. The van der Waals surface area contributed by atoms with Crippen molar-refractivity contribution in [3.8, 4) is 11.3 Å². The van der Waals surface area contributed by atoms with E-state index in [4.69, 9.17) is 16.3 Å². The zero-order valence-corrected chi connectivity index (χ0v) is 17.3. The number of morpholine rings is 1. The van der Waals surface area contributed by atoms with Crippen molar-refractivity contribution in [1.29, 1.82) is 0 Å². The van der Waals surface area contributed by atoms with Crippen LogP contribution in [0, 0.1) is 6.92 Å². The SMILES string of the molecule is Cc1nc2nc3ccn(CCN4CCOCC4)c(=O)c3c(-c3cccc(Cl)c3)n2n1. The van der Waals surface area contributed by atoms with Crippen molar-refractivity contribution in [2.75, 3.05) is 32.8 Å². The monoisotopic (exact) mass is 424 g/mol. The molecule has 0 aliphatic carbocycles. The van der Waals surface area contributed by atoms with E-state index in [1.165, 1.54) is 0 Å². The van der Waals surface area contributed by atoms with Crippen LogP contribution >= 0.6 is 11.6 Å². The molecule has 8 nitrogen and oxygen atoms in total. The molecule has 1 aromatic carbocycles. The first-order valence-electron chi connectivity index (χ1n) is 9.93. The molecule has 0 saturated carbocycles. The standard InChI is InChI=1S/C21H21ClN6O2/c1-14-23-21-24-17-5-6-27(8-7-26-9-11-30-12-10-26)20(29)18(17)19(28(21)25-14)15-3-2-4-16(22)13-15/h2-6,13H,7-12H2,1H3. The third-order valence-corrected chi connectivity index (χ3v) is 5.60. The number of aromatic nitrogens is 5. The molecule has 0 spiro atoms. The average molecular weight is 425 g/mol. The van der Waals surface area contributed by atoms with Crippen LogP contribution in [-0.4, -0.2) is 61.9 Å². The third kappa shape index (κ3) is 3.47. The van der Waals surface area contributed by atoms with E-state index in [0.29, 0.717) is 39.8 Å². The number of pyridine rings is 1. The van der Waals surface area contributed by atoms with Crippen LogP contribution in [0.15, 0.2) is 41.3 Å². The van der Waals surface area contributed by atoms with Crippen LogP contribution < -0.4 is 5.56 Å². The first-order chi connectivity index (χ1) is 14.6. The molecule has 1 aliphatic heterocycles. The summed E-state index contributed by atoms with van der Waals surface area (Å²) in [7, 11) is 0. The summed E-state index contributed by atoms with van der Waals surface area (Å²) in [5.41, 5.74) is 1.95. The van der Waals surface area contributed by atoms with Crippen LogP contribution in [-0.2, 0) is 11.3 Å². The second kappa shape index (κ2) is 7.79. The van der Waals surface area contributed by atoms with Gasteiger partial charge < -0.3 is 9.30 Å². The van der Waals surface area contributed by atoms with Gasteiger partial charge in [0.15, 0.2) is 0 Å². The molecular weight excluding hydrogens is 404 g/mol. The molecular formula is C21H21ClN6O2.